The van der Waals surface area contributed by atoms with Crippen molar-refractivity contribution in [3.8, 4) is 11.3 Å². The summed E-state index contributed by atoms with van der Waals surface area (Å²) in [6, 6.07) is 11.8. The molecule has 2 heterocycles. The van der Waals surface area contributed by atoms with Crippen LogP contribution in [-0.4, -0.2) is 59.1 Å². The molecule has 1 fully saturated rings. The number of benzene rings is 2. The highest BCUT2D eigenvalue weighted by molar-refractivity contribution is 6.01. The Balaban J connectivity index is 1.70. The van der Waals surface area contributed by atoms with Crippen molar-refractivity contribution >= 4 is 16.8 Å². The highest BCUT2D eigenvalue weighted by atomic mass is 19.1. The summed E-state index contributed by atoms with van der Waals surface area (Å²) in [4.78, 5) is 16.9. The van der Waals surface area contributed by atoms with Crippen molar-refractivity contribution in [2.24, 2.45) is 0 Å². The highest BCUT2D eigenvalue weighted by Gasteiger charge is 2.21. The Bertz CT molecular complexity index is 928. The molecule has 1 aliphatic rings. The Morgan fingerprint density at radius 1 is 1.12 bits per heavy atom. The first kappa shape index (κ1) is 15.8. The van der Waals surface area contributed by atoms with Crippen molar-refractivity contribution in [3.05, 3.63) is 53.8 Å². The van der Waals surface area contributed by atoms with Gasteiger partial charge in [-0.05, 0) is 37.4 Å². The average molecular weight is 338 g/mol. The average Bonchev–Trinajstić information content (AvgIpc) is 3.05. The Morgan fingerprint density at radius 2 is 1.92 bits per heavy atom. The van der Waals surface area contributed by atoms with E-state index in [-0.39, 0.29) is 11.7 Å². The van der Waals surface area contributed by atoms with Gasteiger partial charge in [0.2, 0.25) is 0 Å². The van der Waals surface area contributed by atoms with Crippen LogP contribution in [0.25, 0.3) is 22.2 Å². The number of aromatic amines is 1. The number of piperazine rings is 1. The van der Waals surface area contributed by atoms with Crippen LogP contribution < -0.4 is 0 Å². The molecule has 1 aromatic heterocycles. The van der Waals surface area contributed by atoms with E-state index in [2.05, 4.69) is 22.1 Å². The SMILES string of the molecule is CN1CCN(C(=O)c2ccc3[nH]nc(-c4cccc(F)c4)c3c2)CC1. The molecule has 3 aromatic rings. The third-order valence-electron chi connectivity index (χ3n) is 4.70. The van der Waals surface area contributed by atoms with Crippen molar-refractivity contribution in [3.63, 3.8) is 0 Å². The Labute approximate surface area is 145 Å². The lowest BCUT2D eigenvalue weighted by Gasteiger charge is -2.32. The van der Waals surface area contributed by atoms with Crippen molar-refractivity contribution in [1.82, 2.24) is 20.0 Å². The van der Waals surface area contributed by atoms with Crippen LogP contribution in [0.15, 0.2) is 42.5 Å². The number of hydrogen-bond acceptors (Lipinski definition) is 3. The van der Waals surface area contributed by atoms with E-state index in [9.17, 15) is 9.18 Å². The van der Waals surface area contributed by atoms with Crippen LogP contribution in [0, 0.1) is 5.82 Å². The summed E-state index contributed by atoms with van der Waals surface area (Å²) in [7, 11) is 2.06. The fourth-order valence-corrected chi connectivity index (χ4v) is 3.19. The summed E-state index contributed by atoms with van der Waals surface area (Å²) in [5.41, 5.74) is 2.81. The topological polar surface area (TPSA) is 52.2 Å². The standard InChI is InChI=1S/C19H19FN4O/c1-23-7-9-24(10-8-23)19(25)14-5-6-17-16(12-14)18(22-21-17)13-3-2-4-15(20)11-13/h2-6,11-12H,7-10H2,1H3,(H,21,22). The fourth-order valence-electron chi connectivity index (χ4n) is 3.19. The molecule has 0 radical (unpaired) electrons. The van der Waals surface area contributed by atoms with Gasteiger partial charge in [0.1, 0.15) is 11.5 Å². The van der Waals surface area contributed by atoms with Crippen molar-refractivity contribution in [2.45, 2.75) is 0 Å². The van der Waals surface area contributed by atoms with Gasteiger partial charge in [-0.2, -0.15) is 5.10 Å². The number of halogens is 1. The fraction of sp³-hybridized carbons (Fsp3) is 0.263. The molecule has 25 heavy (non-hydrogen) atoms. The first-order valence-corrected chi connectivity index (χ1v) is 8.34. The number of H-pyrrole nitrogens is 1. The number of amides is 1. The number of nitrogens with zero attached hydrogens (tertiary/aromatic N) is 3. The quantitative estimate of drug-likeness (QED) is 0.782. The molecule has 1 aliphatic heterocycles. The van der Waals surface area contributed by atoms with E-state index in [1.54, 1.807) is 6.07 Å². The number of nitrogens with one attached hydrogen (secondary N) is 1. The summed E-state index contributed by atoms with van der Waals surface area (Å²) in [6.45, 7) is 3.23. The van der Waals surface area contributed by atoms with Crippen LogP contribution in [0.4, 0.5) is 4.39 Å². The molecular formula is C19H19FN4O. The second kappa shape index (κ2) is 6.29. The van der Waals surface area contributed by atoms with Gasteiger partial charge in [0.05, 0.1) is 5.52 Å². The number of carbonyl (C=O) groups is 1. The van der Waals surface area contributed by atoms with Crippen LogP contribution in [0.5, 0.6) is 0 Å². The van der Waals surface area contributed by atoms with Crippen LogP contribution in [0.1, 0.15) is 10.4 Å². The van der Waals surface area contributed by atoms with Gasteiger partial charge in [-0.1, -0.05) is 12.1 Å². The van der Waals surface area contributed by atoms with E-state index < -0.39 is 0 Å². The van der Waals surface area contributed by atoms with Crippen LogP contribution in [-0.2, 0) is 0 Å². The van der Waals surface area contributed by atoms with E-state index in [1.165, 1.54) is 12.1 Å². The maximum atomic E-state index is 13.5. The van der Waals surface area contributed by atoms with Gasteiger partial charge in [0.15, 0.2) is 0 Å². The molecule has 2 aromatic carbocycles. The third-order valence-corrected chi connectivity index (χ3v) is 4.70. The molecule has 0 aliphatic carbocycles. The van der Waals surface area contributed by atoms with Gasteiger partial charge in [-0.15, -0.1) is 0 Å². The van der Waals surface area contributed by atoms with Gasteiger partial charge in [-0.25, -0.2) is 4.39 Å². The molecule has 6 heteroatoms. The molecule has 4 rings (SSSR count). The zero-order chi connectivity index (χ0) is 17.4. The first-order chi connectivity index (χ1) is 12.1. The minimum Gasteiger partial charge on any atom is -0.336 e. The van der Waals surface area contributed by atoms with Gasteiger partial charge in [0, 0.05) is 42.7 Å². The minimum absolute atomic E-state index is 0.0291. The predicted molar refractivity (Wildman–Crippen MR) is 94.9 cm³/mol. The Kier molecular flexibility index (Phi) is 3.97. The lowest BCUT2D eigenvalue weighted by atomic mass is 10.0. The zero-order valence-electron chi connectivity index (χ0n) is 14.0. The highest BCUT2D eigenvalue weighted by Crippen LogP contribution is 2.28. The molecule has 0 unspecified atom stereocenters. The first-order valence-electron chi connectivity index (χ1n) is 8.34. The number of hydrogen-bond donors (Lipinski definition) is 1. The molecule has 0 bridgehead atoms. The third kappa shape index (κ3) is 3.00. The smallest absolute Gasteiger partial charge is 0.253 e. The second-order valence-corrected chi connectivity index (χ2v) is 6.44. The van der Waals surface area contributed by atoms with Crippen LogP contribution >= 0.6 is 0 Å². The zero-order valence-corrected chi connectivity index (χ0v) is 14.0. The monoisotopic (exact) mass is 338 g/mol. The molecule has 1 N–H and O–H groups in total. The lowest BCUT2D eigenvalue weighted by Crippen LogP contribution is -2.47. The number of aromatic nitrogens is 2. The van der Waals surface area contributed by atoms with Gasteiger partial charge in [0.25, 0.3) is 5.91 Å². The van der Waals surface area contributed by atoms with E-state index in [1.807, 2.05) is 29.2 Å². The summed E-state index contributed by atoms with van der Waals surface area (Å²) in [6.07, 6.45) is 0. The molecule has 1 saturated heterocycles. The number of likely N-dealkylation sites (N-methyl/N-ethyl adjacent to an activating group) is 1. The van der Waals surface area contributed by atoms with Crippen LogP contribution in [0.3, 0.4) is 0 Å². The summed E-state index contributed by atoms with van der Waals surface area (Å²) in [5.74, 6) is -0.278. The second-order valence-electron chi connectivity index (χ2n) is 6.44. The van der Waals surface area contributed by atoms with E-state index in [0.29, 0.717) is 16.8 Å². The minimum atomic E-state index is -0.307. The van der Waals surface area contributed by atoms with Crippen molar-refractivity contribution in [2.75, 3.05) is 33.2 Å². The van der Waals surface area contributed by atoms with E-state index >= 15 is 0 Å². The number of fused-ring (bicyclic) bond motifs is 1. The number of rotatable bonds is 2. The molecule has 0 saturated carbocycles. The normalized spacial score (nSPS) is 15.7. The molecule has 128 valence electrons. The number of carbonyl (C=O) groups excluding carboxylic acids is 1. The summed E-state index contributed by atoms with van der Waals surface area (Å²) in [5, 5.41) is 8.08. The molecular weight excluding hydrogens is 319 g/mol. The van der Waals surface area contributed by atoms with E-state index in [0.717, 1.165) is 37.1 Å². The maximum absolute atomic E-state index is 13.5. The summed E-state index contributed by atoms with van der Waals surface area (Å²) < 4.78 is 13.5. The van der Waals surface area contributed by atoms with Gasteiger partial charge in [-0.3, -0.25) is 9.89 Å². The lowest BCUT2D eigenvalue weighted by molar-refractivity contribution is 0.0664. The Hall–Kier alpha value is -2.73. The van der Waals surface area contributed by atoms with Crippen LogP contribution in [0.2, 0.25) is 0 Å². The summed E-state index contributed by atoms with van der Waals surface area (Å²) >= 11 is 0. The predicted octanol–water partition coefficient (Wildman–Crippen LogP) is 2.76. The van der Waals surface area contributed by atoms with Crippen molar-refractivity contribution in [1.29, 1.82) is 0 Å². The van der Waals surface area contributed by atoms with Gasteiger partial charge >= 0.3 is 0 Å². The Morgan fingerprint density at radius 3 is 2.68 bits per heavy atom. The molecule has 0 atom stereocenters. The molecule has 1 amide bonds. The largest absolute Gasteiger partial charge is 0.336 e. The van der Waals surface area contributed by atoms with E-state index in [4.69, 9.17) is 0 Å². The van der Waals surface area contributed by atoms with Gasteiger partial charge < -0.3 is 9.80 Å². The molecule has 0 spiro atoms. The van der Waals surface area contributed by atoms with Crippen molar-refractivity contribution < 1.29 is 9.18 Å². The maximum Gasteiger partial charge on any atom is 0.253 e. The molecule has 5 nitrogen and oxygen atoms in total.